The van der Waals surface area contributed by atoms with E-state index in [1.807, 2.05) is 12.1 Å². The van der Waals surface area contributed by atoms with E-state index in [0.29, 0.717) is 29.2 Å². The standard InChI is InChI=1S/C26H27NO6/c1-31-20-10-7-16(14-21(20)32-2)23-22(25(29)26(30)27(23)18-5-3-4-6-18)24(28)17-8-9-19-15(13-17)11-12-33-19/h7-10,13-14,18,23,28H,3-6,11-12H2,1-2H3/b24-22+. The number of carbonyl (C=O) groups is 2. The first kappa shape index (κ1) is 21.4. The molecule has 5 rings (SSSR count). The van der Waals surface area contributed by atoms with Crippen molar-refractivity contribution in [1.29, 1.82) is 0 Å². The van der Waals surface area contributed by atoms with Crippen LogP contribution >= 0.6 is 0 Å². The van der Waals surface area contributed by atoms with Gasteiger partial charge in [0.25, 0.3) is 11.7 Å². The number of benzene rings is 2. The Morgan fingerprint density at radius 1 is 1.03 bits per heavy atom. The smallest absolute Gasteiger partial charge is 0.295 e. The highest BCUT2D eigenvalue weighted by Gasteiger charge is 2.49. The van der Waals surface area contributed by atoms with Gasteiger partial charge in [0.1, 0.15) is 11.5 Å². The van der Waals surface area contributed by atoms with Crippen molar-refractivity contribution in [1.82, 2.24) is 4.90 Å². The zero-order valence-corrected chi connectivity index (χ0v) is 18.8. The molecule has 3 aliphatic rings. The molecule has 1 aliphatic carbocycles. The first-order chi connectivity index (χ1) is 16.0. The molecule has 2 aromatic rings. The van der Waals surface area contributed by atoms with Gasteiger partial charge in [-0.05, 0) is 54.3 Å². The SMILES string of the molecule is COc1ccc(C2/C(=C(\O)c3ccc4c(c3)CCO4)C(=O)C(=O)N2C2CCCC2)cc1OC. The number of carbonyl (C=O) groups excluding carboxylic acids is 2. The van der Waals surface area contributed by atoms with Gasteiger partial charge in [0.15, 0.2) is 11.5 Å². The van der Waals surface area contributed by atoms with Crippen LogP contribution in [0.15, 0.2) is 42.0 Å². The van der Waals surface area contributed by atoms with Crippen molar-refractivity contribution < 1.29 is 28.9 Å². The Morgan fingerprint density at radius 3 is 2.52 bits per heavy atom. The lowest BCUT2D eigenvalue weighted by Crippen LogP contribution is -2.37. The molecule has 1 saturated heterocycles. The Morgan fingerprint density at radius 2 is 1.79 bits per heavy atom. The van der Waals surface area contributed by atoms with Gasteiger partial charge in [0.05, 0.1) is 32.4 Å². The Hall–Kier alpha value is -3.48. The Bertz CT molecular complexity index is 1150. The molecule has 0 radical (unpaired) electrons. The van der Waals surface area contributed by atoms with Crippen molar-refractivity contribution >= 4 is 17.4 Å². The van der Waals surface area contributed by atoms with Crippen LogP contribution < -0.4 is 14.2 Å². The van der Waals surface area contributed by atoms with E-state index in [1.54, 1.807) is 43.4 Å². The van der Waals surface area contributed by atoms with Gasteiger partial charge in [-0.15, -0.1) is 0 Å². The van der Waals surface area contributed by atoms with Crippen molar-refractivity contribution in [3.63, 3.8) is 0 Å². The molecule has 0 spiro atoms. The zero-order chi connectivity index (χ0) is 23.1. The summed E-state index contributed by atoms with van der Waals surface area (Å²) in [6.07, 6.45) is 4.44. The predicted octanol–water partition coefficient (Wildman–Crippen LogP) is 4.00. The Kier molecular flexibility index (Phi) is 5.48. The largest absolute Gasteiger partial charge is 0.507 e. The van der Waals surface area contributed by atoms with Crippen LogP contribution in [0.5, 0.6) is 17.2 Å². The van der Waals surface area contributed by atoms with Crippen LogP contribution in [0.4, 0.5) is 0 Å². The predicted molar refractivity (Wildman–Crippen MR) is 122 cm³/mol. The minimum Gasteiger partial charge on any atom is -0.507 e. The quantitative estimate of drug-likeness (QED) is 0.422. The molecule has 2 fully saturated rings. The number of methoxy groups -OCH3 is 2. The number of ether oxygens (including phenoxy) is 3. The summed E-state index contributed by atoms with van der Waals surface area (Å²) < 4.78 is 16.4. The van der Waals surface area contributed by atoms with Gasteiger partial charge < -0.3 is 24.2 Å². The fourth-order valence-corrected chi connectivity index (χ4v) is 5.25. The monoisotopic (exact) mass is 449 g/mol. The molecule has 7 heteroatoms. The van der Waals surface area contributed by atoms with Crippen LogP contribution in [0, 0.1) is 0 Å². The van der Waals surface area contributed by atoms with Crippen LogP contribution in [-0.2, 0) is 16.0 Å². The third kappa shape index (κ3) is 3.52. The average Bonchev–Trinajstić information content (AvgIpc) is 3.58. The van der Waals surface area contributed by atoms with E-state index in [1.165, 1.54) is 0 Å². The van der Waals surface area contributed by atoms with E-state index in [-0.39, 0.29) is 17.4 Å². The second-order valence-corrected chi connectivity index (χ2v) is 8.68. The third-order valence-electron chi connectivity index (χ3n) is 6.88. The highest BCUT2D eigenvalue weighted by atomic mass is 16.5. The average molecular weight is 450 g/mol. The molecular weight excluding hydrogens is 422 g/mol. The molecule has 2 heterocycles. The maximum absolute atomic E-state index is 13.3. The van der Waals surface area contributed by atoms with Gasteiger partial charge in [-0.25, -0.2) is 0 Å². The number of aliphatic hydroxyl groups is 1. The lowest BCUT2D eigenvalue weighted by atomic mass is 9.93. The summed E-state index contributed by atoms with van der Waals surface area (Å²) in [5.74, 6) is 0.459. The Balaban J connectivity index is 1.67. The number of Topliss-reactive ketones (excluding diaryl/α,β-unsaturated/α-hetero) is 1. The summed E-state index contributed by atoms with van der Waals surface area (Å²) >= 11 is 0. The lowest BCUT2D eigenvalue weighted by molar-refractivity contribution is -0.141. The van der Waals surface area contributed by atoms with E-state index in [4.69, 9.17) is 14.2 Å². The summed E-state index contributed by atoms with van der Waals surface area (Å²) in [7, 11) is 3.10. The van der Waals surface area contributed by atoms with E-state index in [0.717, 1.165) is 43.4 Å². The van der Waals surface area contributed by atoms with Crippen molar-refractivity contribution in [3.8, 4) is 17.2 Å². The molecule has 33 heavy (non-hydrogen) atoms. The third-order valence-corrected chi connectivity index (χ3v) is 6.88. The normalized spacial score (nSPS) is 21.9. The number of amides is 1. The van der Waals surface area contributed by atoms with Crippen molar-refractivity contribution in [2.75, 3.05) is 20.8 Å². The number of likely N-dealkylation sites (tertiary alicyclic amines) is 1. The summed E-state index contributed by atoms with van der Waals surface area (Å²) in [5.41, 5.74) is 2.30. The van der Waals surface area contributed by atoms with Gasteiger partial charge in [0.2, 0.25) is 0 Å². The van der Waals surface area contributed by atoms with Crippen LogP contribution in [0.1, 0.15) is 48.4 Å². The summed E-state index contributed by atoms with van der Waals surface area (Å²) in [6, 6.07) is 9.99. The summed E-state index contributed by atoms with van der Waals surface area (Å²) in [4.78, 5) is 28.2. The zero-order valence-electron chi connectivity index (χ0n) is 18.8. The molecule has 7 nitrogen and oxygen atoms in total. The fourth-order valence-electron chi connectivity index (χ4n) is 5.25. The highest BCUT2D eigenvalue weighted by Crippen LogP contribution is 2.45. The molecular formula is C26H27NO6. The number of hydrogen-bond donors (Lipinski definition) is 1. The maximum atomic E-state index is 13.3. The highest BCUT2D eigenvalue weighted by molar-refractivity contribution is 6.46. The minimum absolute atomic E-state index is 0.0433. The van der Waals surface area contributed by atoms with Crippen molar-refractivity contribution in [2.45, 2.75) is 44.2 Å². The topological polar surface area (TPSA) is 85.3 Å². The Labute approximate surface area is 192 Å². The maximum Gasteiger partial charge on any atom is 0.295 e. The number of aliphatic hydroxyl groups excluding tert-OH is 1. The first-order valence-corrected chi connectivity index (χ1v) is 11.3. The first-order valence-electron chi connectivity index (χ1n) is 11.3. The number of nitrogens with zero attached hydrogens (tertiary/aromatic N) is 1. The minimum atomic E-state index is -0.697. The number of ketones is 1. The fraction of sp³-hybridized carbons (Fsp3) is 0.385. The van der Waals surface area contributed by atoms with Crippen molar-refractivity contribution in [3.05, 3.63) is 58.7 Å². The molecule has 1 amide bonds. The van der Waals surface area contributed by atoms with Crippen LogP contribution in [0.25, 0.3) is 5.76 Å². The van der Waals surface area contributed by atoms with Crippen LogP contribution in [0.2, 0.25) is 0 Å². The number of rotatable bonds is 5. The summed E-state index contributed by atoms with van der Waals surface area (Å²) in [6.45, 7) is 0.595. The van der Waals surface area contributed by atoms with E-state index < -0.39 is 17.7 Å². The molecule has 1 unspecified atom stereocenters. The molecule has 0 bridgehead atoms. The van der Waals surface area contributed by atoms with Crippen molar-refractivity contribution in [2.24, 2.45) is 0 Å². The molecule has 0 aromatic heterocycles. The number of hydrogen-bond acceptors (Lipinski definition) is 6. The van der Waals surface area contributed by atoms with Gasteiger partial charge >= 0.3 is 0 Å². The van der Waals surface area contributed by atoms with Gasteiger partial charge in [0, 0.05) is 18.0 Å². The second-order valence-electron chi connectivity index (χ2n) is 8.68. The molecule has 1 atom stereocenters. The second kappa shape index (κ2) is 8.46. The molecule has 1 N–H and O–H groups in total. The van der Waals surface area contributed by atoms with E-state index in [2.05, 4.69) is 0 Å². The van der Waals surface area contributed by atoms with Gasteiger partial charge in [-0.3, -0.25) is 9.59 Å². The van der Waals surface area contributed by atoms with E-state index in [9.17, 15) is 14.7 Å². The molecule has 2 aliphatic heterocycles. The van der Waals surface area contributed by atoms with Crippen LogP contribution in [0.3, 0.4) is 0 Å². The molecule has 172 valence electrons. The molecule has 1 saturated carbocycles. The number of fused-ring (bicyclic) bond motifs is 1. The van der Waals surface area contributed by atoms with Gasteiger partial charge in [-0.2, -0.15) is 0 Å². The summed E-state index contributed by atoms with van der Waals surface area (Å²) in [5, 5.41) is 11.3. The van der Waals surface area contributed by atoms with Crippen LogP contribution in [-0.4, -0.2) is 48.6 Å². The lowest BCUT2D eigenvalue weighted by Gasteiger charge is -2.31. The van der Waals surface area contributed by atoms with E-state index >= 15 is 0 Å². The van der Waals surface area contributed by atoms with Gasteiger partial charge in [-0.1, -0.05) is 18.9 Å². The molecule has 2 aromatic carbocycles.